The number of hydrogen-bond donors (Lipinski definition) is 1. The van der Waals surface area contributed by atoms with E-state index in [-0.39, 0.29) is 5.78 Å². The molecule has 3 nitrogen and oxygen atoms in total. The number of ketones is 1. The Morgan fingerprint density at radius 3 is 2.59 bits per heavy atom. The number of hydrogen-bond acceptors (Lipinski definition) is 3. The zero-order valence-electron chi connectivity index (χ0n) is 10.4. The summed E-state index contributed by atoms with van der Waals surface area (Å²) in [6, 6.07) is 10.1. The lowest BCUT2D eigenvalue weighted by Gasteiger charge is -2.12. The maximum Gasteiger partial charge on any atom is 0.159 e. The van der Waals surface area contributed by atoms with E-state index in [0.717, 1.165) is 18.5 Å². The van der Waals surface area contributed by atoms with Gasteiger partial charge in [0, 0.05) is 24.6 Å². The molecule has 0 aromatic heterocycles. The quantitative estimate of drug-likeness (QED) is 0.602. The Morgan fingerprint density at radius 1 is 1.41 bits per heavy atom. The summed E-state index contributed by atoms with van der Waals surface area (Å²) in [7, 11) is 0. The molecule has 0 fully saturated rings. The second-order valence-electron chi connectivity index (χ2n) is 4.22. The van der Waals surface area contributed by atoms with Crippen LogP contribution in [0, 0.1) is 11.3 Å². The number of nitrogens with one attached hydrogen (secondary N) is 1. The highest BCUT2D eigenvalue weighted by Gasteiger charge is 2.03. The lowest BCUT2D eigenvalue weighted by Crippen LogP contribution is -2.28. The van der Waals surface area contributed by atoms with Gasteiger partial charge in [0.2, 0.25) is 0 Å². The molecular weight excluding hydrogens is 212 g/mol. The second kappa shape index (κ2) is 6.82. The molecule has 0 aliphatic heterocycles. The van der Waals surface area contributed by atoms with Crippen LogP contribution in [0.25, 0.3) is 0 Å². The minimum absolute atomic E-state index is 0.0942. The van der Waals surface area contributed by atoms with Gasteiger partial charge in [-0.2, -0.15) is 5.26 Å². The lowest BCUT2D eigenvalue weighted by molar-refractivity contribution is 0.101. The summed E-state index contributed by atoms with van der Waals surface area (Å²) < 4.78 is 0. The molecule has 0 radical (unpaired) electrons. The fraction of sp³-hybridized carbons (Fsp3) is 0.429. The van der Waals surface area contributed by atoms with Crippen molar-refractivity contribution in [1.29, 1.82) is 5.26 Å². The third kappa shape index (κ3) is 4.80. The van der Waals surface area contributed by atoms with Crippen molar-refractivity contribution < 1.29 is 4.79 Å². The molecule has 1 unspecified atom stereocenters. The molecule has 0 saturated carbocycles. The average Bonchev–Trinajstić information content (AvgIpc) is 2.30. The minimum atomic E-state index is 0.0942. The van der Waals surface area contributed by atoms with Crippen molar-refractivity contribution in [2.24, 2.45) is 0 Å². The van der Waals surface area contributed by atoms with Crippen LogP contribution in [0.3, 0.4) is 0 Å². The summed E-state index contributed by atoms with van der Waals surface area (Å²) in [5.74, 6) is 0.0942. The van der Waals surface area contributed by atoms with Crippen molar-refractivity contribution in [3.8, 4) is 6.07 Å². The summed E-state index contributed by atoms with van der Waals surface area (Å²) in [5, 5.41) is 11.7. The molecule has 0 aliphatic rings. The van der Waals surface area contributed by atoms with Crippen LogP contribution in [-0.2, 0) is 6.42 Å². The second-order valence-corrected chi connectivity index (χ2v) is 4.22. The first-order valence-electron chi connectivity index (χ1n) is 5.83. The number of benzene rings is 1. The molecule has 1 N–H and O–H groups in total. The van der Waals surface area contributed by atoms with E-state index < -0.39 is 0 Å². The van der Waals surface area contributed by atoms with E-state index in [1.807, 2.05) is 24.3 Å². The van der Waals surface area contributed by atoms with Gasteiger partial charge in [-0.3, -0.25) is 4.79 Å². The van der Waals surface area contributed by atoms with Gasteiger partial charge >= 0.3 is 0 Å². The molecule has 0 aliphatic carbocycles. The Morgan fingerprint density at radius 2 is 2.06 bits per heavy atom. The van der Waals surface area contributed by atoms with Gasteiger partial charge in [-0.1, -0.05) is 24.3 Å². The van der Waals surface area contributed by atoms with Crippen LogP contribution in [0.2, 0.25) is 0 Å². The van der Waals surface area contributed by atoms with E-state index in [4.69, 9.17) is 5.26 Å². The fourth-order valence-corrected chi connectivity index (χ4v) is 1.68. The van der Waals surface area contributed by atoms with Crippen LogP contribution in [0.4, 0.5) is 0 Å². The molecule has 90 valence electrons. The van der Waals surface area contributed by atoms with Crippen LogP contribution in [0.15, 0.2) is 24.3 Å². The molecule has 17 heavy (non-hydrogen) atoms. The smallest absolute Gasteiger partial charge is 0.159 e. The Bertz CT molecular complexity index is 403. The first kappa shape index (κ1) is 13.4. The Balaban J connectivity index is 2.46. The van der Waals surface area contributed by atoms with E-state index in [1.54, 1.807) is 6.92 Å². The van der Waals surface area contributed by atoms with Crippen molar-refractivity contribution in [2.45, 2.75) is 32.7 Å². The van der Waals surface area contributed by atoms with Gasteiger partial charge in [0.25, 0.3) is 0 Å². The summed E-state index contributed by atoms with van der Waals surface area (Å²) in [6.45, 7) is 4.39. The maximum absolute atomic E-state index is 11.1. The van der Waals surface area contributed by atoms with Crippen molar-refractivity contribution in [1.82, 2.24) is 5.32 Å². The molecule has 0 bridgehead atoms. The molecule has 0 saturated heterocycles. The van der Waals surface area contributed by atoms with E-state index >= 15 is 0 Å². The number of nitrogens with zero attached hydrogens (tertiary/aromatic N) is 1. The van der Waals surface area contributed by atoms with Gasteiger partial charge in [-0.15, -0.1) is 0 Å². The topological polar surface area (TPSA) is 52.9 Å². The highest BCUT2D eigenvalue weighted by Crippen LogP contribution is 2.07. The zero-order chi connectivity index (χ0) is 12.7. The largest absolute Gasteiger partial charge is 0.313 e. The van der Waals surface area contributed by atoms with E-state index in [0.29, 0.717) is 12.5 Å². The number of rotatable bonds is 6. The summed E-state index contributed by atoms with van der Waals surface area (Å²) in [6.07, 6.45) is 1.44. The Hall–Kier alpha value is -1.66. The van der Waals surface area contributed by atoms with E-state index in [1.165, 1.54) is 5.56 Å². The molecule has 0 heterocycles. The molecule has 1 aromatic carbocycles. The van der Waals surface area contributed by atoms with E-state index in [2.05, 4.69) is 18.3 Å². The predicted molar refractivity (Wildman–Crippen MR) is 67.8 cm³/mol. The minimum Gasteiger partial charge on any atom is -0.313 e. The molecular formula is C14H18N2O. The van der Waals surface area contributed by atoms with Gasteiger partial charge in [-0.25, -0.2) is 0 Å². The summed E-state index contributed by atoms with van der Waals surface area (Å²) in [5.41, 5.74) is 1.95. The number of Topliss-reactive ketones (excluding diaryl/α,β-unsaturated/α-hetero) is 1. The highest BCUT2D eigenvalue weighted by molar-refractivity contribution is 5.93. The maximum atomic E-state index is 11.1. The van der Waals surface area contributed by atoms with Crippen LogP contribution >= 0.6 is 0 Å². The number of nitriles is 1. The highest BCUT2D eigenvalue weighted by atomic mass is 16.1. The van der Waals surface area contributed by atoms with Crippen molar-refractivity contribution in [3.63, 3.8) is 0 Å². The third-order valence-electron chi connectivity index (χ3n) is 2.63. The van der Waals surface area contributed by atoms with Crippen molar-refractivity contribution in [2.75, 3.05) is 6.54 Å². The molecule has 3 heteroatoms. The zero-order valence-corrected chi connectivity index (χ0v) is 10.4. The normalized spacial score (nSPS) is 11.8. The summed E-state index contributed by atoms with van der Waals surface area (Å²) >= 11 is 0. The van der Waals surface area contributed by atoms with Crippen molar-refractivity contribution in [3.05, 3.63) is 35.4 Å². The van der Waals surface area contributed by atoms with Gasteiger partial charge in [-0.05, 0) is 25.8 Å². The molecule has 1 aromatic rings. The van der Waals surface area contributed by atoms with Crippen LogP contribution < -0.4 is 5.32 Å². The third-order valence-corrected chi connectivity index (χ3v) is 2.63. The first-order valence-corrected chi connectivity index (χ1v) is 5.83. The van der Waals surface area contributed by atoms with Gasteiger partial charge < -0.3 is 5.32 Å². The van der Waals surface area contributed by atoms with E-state index in [9.17, 15) is 4.79 Å². The van der Waals surface area contributed by atoms with Crippen LogP contribution in [0.5, 0.6) is 0 Å². The van der Waals surface area contributed by atoms with Crippen molar-refractivity contribution >= 4 is 5.78 Å². The molecule has 1 rings (SSSR count). The summed E-state index contributed by atoms with van der Waals surface area (Å²) in [4.78, 5) is 11.1. The predicted octanol–water partition coefficient (Wildman–Crippen LogP) is 2.32. The average molecular weight is 230 g/mol. The standard InChI is InChI=1S/C14H18N2O/c1-11(16-9-3-8-15)10-13-4-6-14(7-5-13)12(2)17/h4-7,11,16H,3,9-10H2,1-2H3. The molecule has 0 spiro atoms. The van der Waals surface area contributed by atoms with Crippen LogP contribution in [-0.4, -0.2) is 18.4 Å². The Labute approximate surface area is 102 Å². The number of carbonyl (C=O) groups excluding carboxylic acids is 1. The lowest BCUT2D eigenvalue weighted by atomic mass is 10.0. The monoisotopic (exact) mass is 230 g/mol. The first-order chi connectivity index (χ1) is 8.13. The SMILES string of the molecule is CC(=O)c1ccc(CC(C)NCCC#N)cc1. The van der Waals surface area contributed by atoms with Gasteiger partial charge in [0.15, 0.2) is 5.78 Å². The van der Waals surface area contributed by atoms with Gasteiger partial charge in [0.1, 0.15) is 0 Å². The fourth-order valence-electron chi connectivity index (χ4n) is 1.68. The molecule has 0 amide bonds. The Kier molecular flexibility index (Phi) is 5.38. The molecule has 1 atom stereocenters. The number of carbonyl (C=O) groups is 1. The van der Waals surface area contributed by atoms with Gasteiger partial charge in [0.05, 0.1) is 6.07 Å². The van der Waals surface area contributed by atoms with Crippen LogP contribution in [0.1, 0.15) is 36.2 Å².